The van der Waals surface area contributed by atoms with E-state index in [-0.39, 0.29) is 18.7 Å². The maximum absolute atomic E-state index is 12.3. The third-order valence-corrected chi connectivity index (χ3v) is 3.96. The highest BCUT2D eigenvalue weighted by Gasteiger charge is 2.18. The zero-order chi connectivity index (χ0) is 16.9. The molecule has 1 N–H and O–H groups in total. The van der Waals surface area contributed by atoms with Crippen LogP contribution in [0.15, 0.2) is 30.5 Å². The summed E-state index contributed by atoms with van der Waals surface area (Å²) in [5.74, 6) is 1.45. The van der Waals surface area contributed by atoms with E-state index in [9.17, 15) is 4.79 Å². The van der Waals surface area contributed by atoms with E-state index < -0.39 is 0 Å². The van der Waals surface area contributed by atoms with E-state index in [0.717, 1.165) is 22.8 Å². The summed E-state index contributed by atoms with van der Waals surface area (Å²) in [6, 6.07) is 7.41. The molecule has 0 radical (unpaired) electrons. The lowest BCUT2D eigenvalue weighted by molar-refractivity contribution is -0.122. The fourth-order valence-electron chi connectivity index (χ4n) is 2.71. The smallest absolute Gasteiger partial charge is 0.231 e. The van der Waals surface area contributed by atoms with Crippen molar-refractivity contribution < 1.29 is 19.0 Å². The first-order valence-electron chi connectivity index (χ1n) is 7.82. The Kier molecular flexibility index (Phi) is 5.00. The normalized spacial score (nSPS) is 13.8. The van der Waals surface area contributed by atoms with Crippen molar-refractivity contribution in [3.05, 3.63) is 41.7 Å². The minimum atomic E-state index is -0.216. The molecule has 1 aromatic carbocycles. The molecule has 0 saturated carbocycles. The SMILES string of the molecule is COCC(NC(=O)CCc1ccc2c(c1)OCO2)c1ccnn1C. The fraction of sp³-hybridized carbons (Fsp3) is 0.412. The zero-order valence-electron chi connectivity index (χ0n) is 13.8. The van der Waals surface area contributed by atoms with Crippen molar-refractivity contribution in [3.8, 4) is 11.5 Å². The van der Waals surface area contributed by atoms with Crippen molar-refractivity contribution in [2.24, 2.45) is 7.05 Å². The number of fused-ring (bicyclic) bond motifs is 1. The highest BCUT2D eigenvalue weighted by molar-refractivity contribution is 5.76. The van der Waals surface area contributed by atoms with Gasteiger partial charge in [0.2, 0.25) is 12.7 Å². The molecule has 2 aromatic rings. The summed E-state index contributed by atoms with van der Waals surface area (Å²) in [6.07, 6.45) is 2.72. The van der Waals surface area contributed by atoms with Crippen LogP contribution in [0.25, 0.3) is 0 Å². The van der Waals surface area contributed by atoms with Gasteiger partial charge in [0.1, 0.15) is 0 Å². The van der Waals surface area contributed by atoms with Gasteiger partial charge in [-0.2, -0.15) is 5.10 Å². The van der Waals surface area contributed by atoms with E-state index >= 15 is 0 Å². The summed E-state index contributed by atoms with van der Waals surface area (Å²) in [5.41, 5.74) is 1.95. The summed E-state index contributed by atoms with van der Waals surface area (Å²) in [7, 11) is 3.46. The lowest BCUT2D eigenvalue weighted by atomic mass is 10.1. The fourth-order valence-corrected chi connectivity index (χ4v) is 2.71. The highest BCUT2D eigenvalue weighted by atomic mass is 16.7. The third kappa shape index (κ3) is 3.68. The number of carbonyl (C=O) groups is 1. The van der Waals surface area contributed by atoms with Crippen LogP contribution in [0.4, 0.5) is 0 Å². The first-order valence-corrected chi connectivity index (χ1v) is 7.82. The van der Waals surface area contributed by atoms with Gasteiger partial charge in [-0.3, -0.25) is 9.48 Å². The number of amides is 1. The molecule has 1 unspecified atom stereocenters. The third-order valence-electron chi connectivity index (χ3n) is 3.96. The van der Waals surface area contributed by atoms with Gasteiger partial charge in [0.15, 0.2) is 11.5 Å². The number of carbonyl (C=O) groups excluding carboxylic acids is 1. The van der Waals surface area contributed by atoms with Gasteiger partial charge in [-0.25, -0.2) is 0 Å². The van der Waals surface area contributed by atoms with Gasteiger partial charge in [-0.1, -0.05) is 6.07 Å². The predicted octanol–water partition coefficient (Wildman–Crippen LogP) is 1.59. The van der Waals surface area contributed by atoms with Crippen molar-refractivity contribution in [3.63, 3.8) is 0 Å². The van der Waals surface area contributed by atoms with Crippen LogP contribution in [-0.2, 0) is 23.0 Å². The quantitative estimate of drug-likeness (QED) is 0.834. The number of nitrogens with zero attached hydrogens (tertiary/aromatic N) is 2. The topological polar surface area (TPSA) is 74.6 Å². The van der Waals surface area contributed by atoms with Crippen molar-refractivity contribution in [1.82, 2.24) is 15.1 Å². The number of hydrogen-bond acceptors (Lipinski definition) is 5. The number of nitrogens with one attached hydrogen (secondary N) is 1. The molecule has 0 bridgehead atoms. The number of aromatic nitrogens is 2. The molecule has 1 aliphatic heterocycles. The molecule has 0 aliphatic carbocycles. The van der Waals surface area contributed by atoms with Crippen molar-refractivity contribution in [1.29, 1.82) is 0 Å². The molecule has 7 heteroatoms. The molecular formula is C17H21N3O4. The zero-order valence-corrected chi connectivity index (χ0v) is 13.8. The largest absolute Gasteiger partial charge is 0.454 e. The van der Waals surface area contributed by atoms with Crippen LogP contribution in [0.5, 0.6) is 11.5 Å². The van der Waals surface area contributed by atoms with Crippen molar-refractivity contribution >= 4 is 5.91 Å². The lowest BCUT2D eigenvalue weighted by Crippen LogP contribution is -2.32. The van der Waals surface area contributed by atoms with E-state index in [1.807, 2.05) is 31.3 Å². The van der Waals surface area contributed by atoms with E-state index in [0.29, 0.717) is 19.4 Å². The van der Waals surface area contributed by atoms with Crippen LogP contribution < -0.4 is 14.8 Å². The Morgan fingerprint density at radius 1 is 1.38 bits per heavy atom. The maximum Gasteiger partial charge on any atom is 0.231 e. The predicted molar refractivity (Wildman–Crippen MR) is 86.9 cm³/mol. The van der Waals surface area contributed by atoms with E-state index in [4.69, 9.17) is 14.2 Å². The average Bonchev–Trinajstić information content (AvgIpc) is 3.20. The van der Waals surface area contributed by atoms with Crippen LogP contribution in [0, 0.1) is 0 Å². The number of rotatable bonds is 7. The minimum Gasteiger partial charge on any atom is -0.454 e. The first kappa shape index (κ1) is 16.3. The Balaban J connectivity index is 1.57. The molecular weight excluding hydrogens is 310 g/mol. The number of hydrogen-bond donors (Lipinski definition) is 1. The second kappa shape index (κ2) is 7.35. The van der Waals surface area contributed by atoms with Crippen LogP contribution >= 0.6 is 0 Å². The monoisotopic (exact) mass is 331 g/mol. The minimum absolute atomic E-state index is 0.0316. The molecule has 24 heavy (non-hydrogen) atoms. The molecule has 1 aromatic heterocycles. The first-order chi connectivity index (χ1) is 11.7. The lowest BCUT2D eigenvalue weighted by Gasteiger charge is -2.18. The van der Waals surface area contributed by atoms with Crippen molar-refractivity contribution in [2.75, 3.05) is 20.5 Å². The number of aryl methyl sites for hydroxylation is 2. The highest BCUT2D eigenvalue weighted by Crippen LogP contribution is 2.32. The summed E-state index contributed by atoms with van der Waals surface area (Å²) >= 11 is 0. The summed E-state index contributed by atoms with van der Waals surface area (Å²) in [6.45, 7) is 0.651. The van der Waals surface area contributed by atoms with Gasteiger partial charge >= 0.3 is 0 Å². The van der Waals surface area contributed by atoms with Crippen LogP contribution in [-0.4, -0.2) is 36.2 Å². The maximum atomic E-state index is 12.3. The van der Waals surface area contributed by atoms with Crippen LogP contribution in [0.1, 0.15) is 23.7 Å². The molecule has 0 saturated heterocycles. The molecule has 3 rings (SSSR count). The molecule has 0 fully saturated rings. The molecule has 1 amide bonds. The summed E-state index contributed by atoms with van der Waals surface area (Å²) in [5, 5.41) is 7.14. The van der Waals surface area contributed by atoms with Crippen molar-refractivity contribution in [2.45, 2.75) is 18.9 Å². The Morgan fingerprint density at radius 2 is 2.21 bits per heavy atom. The molecule has 1 atom stereocenters. The molecule has 0 spiro atoms. The standard InChI is InChI=1S/C17H21N3O4/c1-20-14(7-8-18-20)13(10-22-2)19-17(21)6-4-12-3-5-15-16(9-12)24-11-23-15/h3,5,7-9,13H,4,6,10-11H2,1-2H3,(H,19,21). The van der Waals surface area contributed by atoms with Crippen LogP contribution in [0.2, 0.25) is 0 Å². The number of benzene rings is 1. The number of ether oxygens (including phenoxy) is 3. The second-order valence-electron chi connectivity index (χ2n) is 5.64. The Morgan fingerprint density at radius 3 is 2.96 bits per heavy atom. The molecule has 7 nitrogen and oxygen atoms in total. The van der Waals surface area contributed by atoms with Gasteiger partial charge in [0.25, 0.3) is 0 Å². The van der Waals surface area contributed by atoms with E-state index in [2.05, 4.69) is 10.4 Å². The summed E-state index contributed by atoms with van der Waals surface area (Å²) < 4.78 is 17.6. The molecule has 1 aliphatic rings. The Labute approximate surface area is 140 Å². The van der Waals surface area contributed by atoms with Gasteiger partial charge in [0, 0.05) is 26.8 Å². The number of methoxy groups -OCH3 is 1. The van der Waals surface area contributed by atoms with Gasteiger partial charge in [-0.05, 0) is 30.2 Å². The van der Waals surface area contributed by atoms with Gasteiger partial charge in [0.05, 0.1) is 18.3 Å². The van der Waals surface area contributed by atoms with Crippen LogP contribution in [0.3, 0.4) is 0 Å². The summed E-state index contributed by atoms with van der Waals surface area (Å²) in [4.78, 5) is 12.3. The van der Waals surface area contributed by atoms with Gasteiger partial charge < -0.3 is 19.5 Å². The Bertz CT molecular complexity index is 714. The average molecular weight is 331 g/mol. The van der Waals surface area contributed by atoms with E-state index in [1.165, 1.54) is 0 Å². The molecule has 128 valence electrons. The second-order valence-corrected chi connectivity index (χ2v) is 5.64. The van der Waals surface area contributed by atoms with E-state index in [1.54, 1.807) is 18.0 Å². The Hall–Kier alpha value is -2.54. The molecule has 2 heterocycles. The van der Waals surface area contributed by atoms with Gasteiger partial charge in [-0.15, -0.1) is 0 Å².